The van der Waals surface area contributed by atoms with Gasteiger partial charge in [0.2, 0.25) is 5.91 Å². The second-order valence-electron chi connectivity index (χ2n) is 5.83. The van der Waals surface area contributed by atoms with Crippen molar-refractivity contribution < 1.29 is 9.53 Å². The Morgan fingerprint density at radius 3 is 2.70 bits per heavy atom. The molecule has 2 aromatic carbocycles. The van der Waals surface area contributed by atoms with Crippen LogP contribution in [0.3, 0.4) is 0 Å². The van der Waals surface area contributed by atoms with Crippen molar-refractivity contribution in [3.63, 3.8) is 0 Å². The number of hydrogen-bond acceptors (Lipinski definition) is 2. The lowest BCUT2D eigenvalue weighted by molar-refractivity contribution is -0.118. The van der Waals surface area contributed by atoms with Gasteiger partial charge in [-0.25, -0.2) is 0 Å². The minimum Gasteiger partial charge on any atom is -0.494 e. The summed E-state index contributed by atoms with van der Waals surface area (Å²) in [6.07, 6.45) is 2.22. The average molecular weight is 374 g/mol. The van der Waals surface area contributed by atoms with Crippen LogP contribution in [0.25, 0.3) is 0 Å². The van der Waals surface area contributed by atoms with Crippen molar-refractivity contribution in [1.82, 2.24) is 0 Å². The molecule has 0 bridgehead atoms. The lowest BCUT2D eigenvalue weighted by Gasteiger charge is -2.29. The fourth-order valence-corrected chi connectivity index (χ4v) is 3.23. The zero-order valence-electron chi connectivity index (χ0n) is 13.2. The summed E-state index contributed by atoms with van der Waals surface area (Å²) in [6, 6.07) is 14.2. The van der Waals surface area contributed by atoms with E-state index in [2.05, 4.69) is 28.9 Å². The predicted molar refractivity (Wildman–Crippen MR) is 96.1 cm³/mol. The predicted octanol–water partition coefficient (Wildman–Crippen LogP) is 4.51. The molecule has 0 saturated heterocycles. The first-order valence-corrected chi connectivity index (χ1v) is 8.71. The van der Waals surface area contributed by atoms with Crippen LogP contribution >= 0.6 is 15.9 Å². The summed E-state index contributed by atoms with van der Waals surface area (Å²) in [4.78, 5) is 14.1. The molecule has 1 aliphatic rings. The third-order valence-electron chi connectivity index (χ3n) is 4.06. The molecule has 120 valence electrons. The Morgan fingerprint density at radius 1 is 1.13 bits per heavy atom. The summed E-state index contributed by atoms with van der Waals surface area (Å²) in [6.45, 7) is 3.36. The van der Waals surface area contributed by atoms with E-state index in [0.29, 0.717) is 19.6 Å². The van der Waals surface area contributed by atoms with Crippen LogP contribution in [-0.2, 0) is 11.2 Å². The highest BCUT2D eigenvalue weighted by atomic mass is 79.9. The monoisotopic (exact) mass is 373 g/mol. The fourth-order valence-electron chi connectivity index (χ4n) is 2.82. The van der Waals surface area contributed by atoms with Crippen LogP contribution in [0.4, 0.5) is 5.69 Å². The Balaban J connectivity index is 1.57. The molecule has 0 N–H and O–H groups in total. The zero-order chi connectivity index (χ0) is 16.2. The van der Waals surface area contributed by atoms with Gasteiger partial charge in [0.25, 0.3) is 0 Å². The van der Waals surface area contributed by atoms with E-state index in [1.54, 1.807) is 0 Å². The summed E-state index contributed by atoms with van der Waals surface area (Å²) >= 11 is 3.50. The van der Waals surface area contributed by atoms with Crippen molar-refractivity contribution in [2.75, 3.05) is 18.1 Å². The van der Waals surface area contributed by atoms with Gasteiger partial charge < -0.3 is 9.64 Å². The standard InChI is InChI=1S/C19H20BrNO2/c1-14-3-7-17(8-4-14)23-12-2-11-21-18-9-6-16(20)13-15(18)5-10-19(21)22/h3-4,6-9,13H,2,5,10-12H2,1H3. The third-order valence-corrected chi connectivity index (χ3v) is 4.55. The summed E-state index contributed by atoms with van der Waals surface area (Å²) in [5.74, 6) is 1.08. The van der Waals surface area contributed by atoms with E-state index in [1.807, 2.05) is 41.3 Å². The molecule has 0 saturated carbocycles. The maximum Gasteiger partial charge on any atom is 0.227 e. The molecule has 0 atom stereocenters. The molecule has 0 aliphatic carbocycles. The lowest BCUT2D eigenvalue weighted by atomic mass is 10.0. The van der Waals surface area contributed by atoms with Crippen molar-refractivity contribution in [3.05, 3.63) is 58.1 Å². The molecule has 0 unspecified atom stereocenters. The second kappa shape index (κ2) is 7.18. The normalized spacial score (nSPS) is 13.8. The van der Waals surface area contributed by atoms with E-state index in [9.17, 15) is 4.79 Å². The van der Waals surface area contributed by atoms with Crippen LogP contribution < -0.4 is 9.64 Å². The van der Waals surface area contributed by atoms with Crippen molar-refractivity contribution in [2.24, 2.45) is 0 Å². The van der Waals surface area contributed by atoms with Crippen LogP contribution in [0, 0.1) is 6.92 Å². The minimum absolute atomic E-state index is 0.204. The Hall–Kier alpha value is -1.81. The second-order valence-corrected chi connectivity index (χ2v) is 6.75. The summed E-state index contributed by atoms with van der Waals surface area (Å²) in [7, 11) is 0. The third kappa shape index (κ3) is 3.94. The molecule has 0 fully saturated rings. The van der Waals surface area contributed by atoms with Gasteiger partial charge in [-0.05, 0) is 55.7 Å². The van der Waals surface area contributed by atoms with Crippen LogP contribution in [-0.4, -0.2) is 19.1 Å². The number of aryl methyl sites for hydroxylation is 2. The first kappa shape index (κ1) is 16.1. The molecular weight excluding hydrogens is 354 g/mol. The topological polar surface area (TPSA) is 29.5 Å². The van der Waals surface area contributed by atoms with E-state index in [0.717, 1.165) is 28.8 Å². The number of carbonyl (C=O) groups is 1. The van der Waals surface area contributed by atoms with Gasteiger partial charge in [0.1, 0.15) is 5.75 Å². The zero-order valence-corrected chi connectivity index (χ0v) is 14.8. The molecule has 1 heterocycles. The Bertz CT molecular complexity index is 697. The number of benzene rings is 2. The van der Waals surface area contributed by atoms with Gasteiger partial charge >= 0.3 is 0 Å². The molecule has 0 aromatic heterocycles. The maximum absolute atomic E-state index is 12.2. The first-order valence-electron chi connectivity index (χ1n) is 7.92. The molecule has 2 aromatic rings. The molecule has 23 heavy (non-hydrogen) atoms. The van der Waals surface area contributed by atoms with Gasteiger partial charge in [-0.15, -0.1) is 0 Å². The van der Waals surface area contributed by atoms with Crippen molar-refractivity contribution in [2.45, 2.75) is 26.2 Å². The van der Waals surface area contributed by atoms with Crippen LogP contribution in [0.2, 0.25) is 0 Å². The van der Waals surface area contributed by atoms with E-state index in [4.69, 9.17) is 4.74 Å². The Morgan fingerprint density at radius 2 is 1.91 bits per heavy atom. The van der Waals surface area contributed by atoms with E-state index in [-0.39, 0.29) is 5.91 Å². The minimum atomic E-state index is 0.204. The molecule has 3 rings (SSSR count). The van der Waals surface area contributed by atoms with Gasteiger partial charge in [-0.2, -0.15) is 0 Å². The highest BCUT2D eigenvalue weighted by molar-refractivity contribution is 9.10. The van der Waals surface area contributed by atoms with Crippen LogP contribution in [0.1, 0.15) is 24.0 Å². The van der Waals surface area contributed by atoms with E-state index < -0.39 is 0 Å². The molecule has 1 amide bonds. The number of ether oxygens (including phenoxy) is 1. The highest BCUT2D eigenvalue weighted by Crippen LogP contribution is 2.30. The van der Waals surface area contributed by atoms with Crippen LogP contribution in [0.5, 0.6) is 5.75 Å². The number of amides is 1. The number of carbonyl (C=O) groups excluding carboxylic acids is 1. The van der Waals surface area contributed by atoms with Gasteiger partial charge in [0.05, 0.1) is 6.61 Å². The van der Waals surface area contributed by atoms with E-state index in [1.165, 1.54) is 11.1 Å². The molecule has 0 radical (unpaired) electrons. The number of rotatable bonds is 5. The van der Waals surface area contributed by atoms with Gasteiger partial charge in [0, 0.05) is 23.1 Å². The molecular formula is C19H20BrNO2. The van der Waals surface area contributed by atoms with Crippen molar-refractivity contribution >= 4 is 27.5 Å². The average Bonchev–Trinajstić information content (AvgIpc) is 2.55. The number of halogens is 1. The lowest BCUT2D eigenvalue weighted by Crippen LogP contribution is -2.36. The maximum atomic E-state index is 12.2. The fraction of sp³-hybridized carbons (Fsp3) is 0.316. The van der Waals surface area contributed by atoms with Gasteiger partial charge in [0.15, 0.2) is 0 Å². The summed E-state index contributed by atoms with van der Waals surface area (Å²) < 4.78 is 6.81. The van der Waals surface area contributed by atoms with Gasteiger partial charge in [-0.3, -0.25) is 4.79 Å². The Labute approximate surface area is 145 Å². The molecule has 3 nitrogen and oxygen atoms in total. The van der Waals surface area contributed by atoms with Crippen LogP contribution in [0.15, 0.2) is 46.9 Å². The quantitative estimate of drug-likeness (QED) is 0.721. The summed E-state index contributed by atoms with van der Waals surface area (Å²) in [5.41, 5.74) is 3.50. The Kier molecular flexibility index (Phi) is 5.01. The number of anilines is 1. The SMILES string of the molecule is Cc1ccc(OCCCN2C(=O)CCc3cc(Br)ccc32)cc1. The molecule has 1 aliphatic heterocycles. The first-order chi connectivity index (χ1) is 11.1. The molecule has 4 heteroatoms. The number of nitrogens with zero attached hydrogens (tertiary/aromatic N) is 1. The largest absolute Gasteiger partial charge is 0.494 e. The van der Waals surface area contributed by atoms with Crippen molar-refractivity contribution in [3.8, 4) is 5.75 Å². The van der Waals surface area contributed by atoms with E-state index >= 15 is 0 Å². The summed E-state index contributed by atoms with van der Waals surface area (Å²) in [5, 5.41) is 0. The van der Waals surface area contributed by atoms with Crippen molar-refractivity contribution in [1.29, 1.82) is 0 Å². The number of hydrogen-bond donors (Lipinski definition) is 0. The smallest absolute Gasteiger partial charge is 0.227 e. The highest BCUT2D eigenvalue weighted by Gasteiger charge is 2.23. The molecule has 0 spiro atoms. The van der Waals surface area contributed by atoms with Gasteiger partial charge in [-0.1, -0.05) is 33.6 Å². The number of fused-ring (bicyclic) bond motifs is 1.